The Morgan fingerprint density at radius 1 is 0.943 bits per heavy atom. The van der Waals surface area contributed by atoms with Gasteiger partial charge >= 0.3 is 0 Å². The van der Waals surface area contributed by atoms with Gasteiger partial charge in [0.15, 0.2) is 5.11 Å². The van der Waals surface area contributed by atoms with E-state index in [9.17, 15) is 0 Å². The number of aryl methyl sites for hydroxylation is 3. The molecule has 1 N–H and O–H groups in total. The van der Waals surface area contributed by atoms with Crippen LogP contribution in [0.2, 0.25) is 0 Å². The fraction of sp³-hybridized carbons (Fsp3) is 0.267. The highest BCUT2D eigenvalue weighted by Gasteiger charge is 2.41. The van der Waals surface area contributed by atoms with Crippen molar-refractivity contribution in [2.45, 2.75) is 52.7 Å². The van der Waals surface area contributed by atoms with E-state index in [0.29, 0.717) is 0 Å². The van der Waals surface area contributed by atoms with Crippen LogP contribution >= 0.6 is 12.2 Å². The van der Waals surface area contributed by atoms with Gasteiger partial charge in [0.2, 0.25) is 0 Å². The Hall–Kier alpha value is -3.44. The number of para-hydroxylation sites is 1. The van der Waals surface area contributed by atoms with E-state index in [0.717, 1.165) is 23.8 Å². The molecule has 0 unspecified atom stereocenters. The molecule has 3 heterocycles. The van der Waals surface area contributed by atoms with E-state index in [4.69, 9.17) is 17.2 Å². The van der Waals surface area contributed by atoms with E-state index < -0.39 is 0 Å². The Kier molecular flexibility index (Phi) is 6.44. The van der Waals surface area contributed by atoms with Crippen molar-refractivity contribution in [1.29, 1.82) is 0 Å². The molecule has 0 saturated carbocycles. The first-order valence-corrected chi connectivity index (χ1v) is 12.7. The Bertz CT molecular complexity index is 1340. The highest BCUT2D eigenvalue weighted by molar-refractivity contribution is 7.80. The molecule has 0 amide bonds. The molecule has 0 radical (unpaired) electrons. The molecule has 4 nitrogen and oxygen atoms in total. The number of hydrogen-bond acceptors (Lipinski definition) is 2. The molecule has 2 aromatic carbocycles. The first-order chi connectivity index (χ1) is 17.0. The number of thiocarbonyl (C=S) groups is 1. The minimum Gasteiger partial charge on any atom is -0.352 e. The van der Waals surface area contributed by atoms with Crippen LogP contribution < -0.4 is 5.32 Å². The number of benzene rings is 2. The maximum Gasteiger partial charge on any atom is 0.170 e. The summed E-state index contributed by atoms with van der Waals surface area (Å²) in [6, 6.07) is 25.6. The van der Waals surface area contributed by atoms with Crippen LogP contribution in [0.15, 0.2) is 79.0 Å². The van der Waals surface area contributed by atoms with Gasteiger partial charge in [0, 0.05) is 24.1 Å². The summed E-state index contributed by atoms with van der Waals surface area (Å²) < 4.78 is 2.43. The largest absolute Gasteiger partial charge is 0.352 e. The smallest absolute Gasteiger partial charge is 0.170 e. The average molecular weight is 481 g/mol. The van der Waals surface area contributed by atoms with Gasteiger partial charge in [0.25, 0.3) is 0 Å². The highest BCUT2D eigenvalue weighted by atomic mass is 32.1. The lowest BCUT2D eigenvalue weighted by Crippen LogP contribution is -2.29. The van der Waals surface area contributed by atoms with Crippen LogP contribution in [-0.4, -0.2) is 19.6 Å². The predicted octanol–water partition coefficient (Wildman–Crippen LogP) is 6.53. The van der Waals surface area contributed by atoms with Gasteiger partial charge in [0.1, 0.15) is 0 Å². The van der Waals surface area contributed by atoms with Gasteiger partial charge in [-0.05, 0) is 79.9 Å². The number of pyridine rings is 1. The molecule has 1 fully saturated rings. The lowest BCUT2D eigenvalue weighted by atomic mass is 9.96. The lowest BCUT2D eigenvalue weighted by molar-refractivity contribution is 0.310. The SMILES string of the molecule is CCc1cccc(C)c1-n1c(C)cc([C@H]2[C@H](c3ccccn3)NC(=S)N2Cc2ccccc2)c1C. The standard InChI is InChI=1S/C30H32N4S/c1-5-24-15-11-12-20(2)28(24)34-21(3)18-25(22(34)4)29-27(26-16-9-10-17-31-26)32-30(35)33(29)19-23-13-7-6-8-14-23/h6-18,27,29H,5,19H2,1-4H3,(H,32,35)/t27-,29-/m0/s1. The second-order valence-corrected chi connectivity index (χ2v) is 9.72. The van der Waals surface area contributed by atoms with Crippen molar-refractivity contribution >= 4 is 17.3 Å². The molecule has 0 bridgehead atoms. The average Bonchev–Trinajstić information content (AvgIpc) is 3.35. The van der Waals surface area contributed by atoms with Crippen molar-refractivity contribution in [3.8, 4) is 5.69 Å². The monoisotopic (exact) mass is 480 g/mol. The minimum atomic E-state index is -0.0242. The summed E-state index contributed by atoms with van der Waals surface area (Å²) in [6.07, 6.45) is 2.86. The molecule has 1 aliphatic heterocycles. The van der Waals surface area contributed by atoms with Gasteiger partial charge < -0.3 is 14.8 Å². The fourth-order valence-electron chi connectivity index (χ4n) is 5.45. The van der Waals surface area contributed by atoms with Crippen molar-refractivity contribution in [1.82, 2.24) is 19.8 Å². The Balaban J connectivity index is 1.66. The van der Waals surface area contributed by atoms with Crippen LogP contribution in [0.5, 0.6) is 0 Å². The Morgan fingerprint density at radius 2 is 1.71 bits per heavy atom. The third-order valence-corrected chi connectivity index (χ3v) is 7.46. The first-order valence-electron chi connectivity index (χ1n) is 12.3. The molecule has 2 atom stereocenters. The second kappa shape index (κ2) is 9.67. The van der Waals surface area contributed by atoms with Crippen molar-refractivity contribution in [2.24, 2.45) is 0 Å². The molecular formula is C30H32N4S. The van der Waals surface area contributed by atoms with Crippen LogP contribution in [-0.2, 0) is 13.0 Å². The van der Waals surface area contributed by atoms with Gasteiger partial charge in [-0.1, -0.05) is 61.5 Å². The van der Waals surface area contributed by atoms with Crippen LogP contribution in [0.3, 0.4) is 0 Å². The Morgan fingerprint density at radius 3 is 2.43 bits per heavy atom. The van der Waals surface area contributed by atoms with Gasteiger partial charge in [-0.3, -0.25) is 4.98 Å². The molecule has 0 spiro atoms. The summed E-state index contributed by atoms with van der Waals surface area (Å²) in [6.45, 7) is 9.63. The minimum absolute atomic E-state index is 0.0242. The van der Waals surface area contributed by atoms with Crippen molar-refractivity contribution in [2.75, 3.05) is 0 Å². The van der Waals surface area contributed by atoms with E-state index in [1.807, 2.05) is 18.3 Å². The predicted molar refractivity (Wildman–Crippen MR) is 147 cm³/mol. The van der Waals surface area contributed by atoms with Crippen molar-refractivity contribution in [3.05, 3.63) is 118 Å². The molecule has 35 heavy (non-hydrogen) atoms. The molecule has 0 aliphatic carbocycles. The second-order valence-electron chi connectivity index (χ2n) is 9.34. The maximum absolute atomic E-state index is 5.91. The van der Waals surface area contributed by atoms with Crippen molar-refractivity contribution in [3.63, 3.8) is 0 Å². The van der Waals surface area contributed by atoms with Crippen molar-refractivity contribution < 1.29 is 0 Å². The summed E-state index contributed by atoms with van der Waals surface area (Å²) in [5, 5.41) is 4.37. The van der Waals surface area contributed by atoms with Crippen LogP contribution in [0.1, 0.15) is 58.3 Å². The third-order valence-electron chi connectivity index (χ3n) is 7.11. The number of nitrogens with one attached hydrogen (secondary N) is 1. The summed E-state index contributed by atoms with van der Waals surface area (Å²) in [5.41, 5.74) is 9.97. The zero-order valence-corrected chi connectivity index (χ0v) is 21.6. The lowest BCUT2D eigenvalue weighted by Gasteiger charge is -2.28. The van der Waals surface area contributed by atoms with E-state index in [1.54, 1.807) is 0 Å². The van der Waals surface area contributed by atoms with Crippen LogP contribution in [0.4, 0.5) is 0 Å². The molecule has 4 aromatic rings. The number of nitrogens with zero attached hydrogens (tertiary/aromatic N) is 3. The maximum atomic E-state index is 5.91. The summed E-state index contributed by atoms with van der Waals surface area (Å²) in [4.78, 5) is 7.04. The van der Waals surface area contributed by atoms with Crippen LogP contribution in [0, 0.1) is 20.8 Å². The fourth-order valence-corrected chi connectivity index (χ4v) is 5.76. The first kappa shape index (κ1) is 23.3. The molecule has 5 heteroatoms. The highest BCUT2D eigenvalue weighted by Crippen LogP contribution is 2.42. The van der Waals surface area contributed by atoms with Crippen LogP contribution in [0.25, 0.3) is 5.69 Å². The summed E-state index contributed by atoms with van der Waals surface area (Å²) in [7, 11) is 0. The third kappa shape index (κ3) is 4.25. The van der Waals surface area contributed by atoms with Gasteiger partial charge in [0.05, 0.1) is 23.5 Å². The van der Waals surface area contributed by atoms with E-state index in [2.05, 4.69) is 103 Å². The number of hydrogen-bond donors (Lipinski definition) is 1. The summed E-state index contributed by atoms with van der Waals surface area (Å²) in [5.74, 6) is 0. The van der Waals surface area contributed by atoms with Gasteiger partial charge in [-0.2, -0.15) is 0 Å². The van der Waals surface area contributed by atoms with E-state index in [-0.39, 0.29) is 12.1 Å². The van der Waals surface area contributed by atoms with Gasteiger partial charge in [-0.25, -0.2) is 0 Å². The number of rotatable bonds is 6. The molecular weight excluding hydrogens is 448 g/mol. The molecule has 2 aromatic heterocycles. The quantitative estimate of drug-likeness (QED) is 0.318. The van der Waals surface area contributed by atoms with E-state index in [1.165, 1.54) is 39.3 Å². The Labute approximate surface area is 213 Å². The zero-order chi connectivity index (χ0) is 24.5. The topological polar surface area (TPSA) is 33.1 Å². The normalized spacial score (nSPS) is 17.6. The molecule has 178 valence electrons. The zero-order valence-electron chi connectivity index (χ0n) is 20.8. The molecule has 1 aliphatic rings. The number of aromatic nitrogens is 2. The van der Waals surface area contributed by atoms with E-state index >= 15 is 0 Å². The summed E-state index contributed by atoms with van der Waals surface area (Å²) >= 11 is 5.91. The van der Waals surface area contributed by atoms with Gasteiger partial charge in [-0.15, -0.1) is 0 Å². The molecule has 1 saturated heterocycles. The molecule has 5 rings (SSSR count).